The maximum atomic E-state index is 11.9. The van der Waals surface area contributed by atoms with Crippen molar-refractivity contribution in [3.05, 3.63) is 48.0 Å². The third-order valence-electron chi connectivity index (χ3n) is 3.85. The number of rotatable bonds is 7. The molecule has 0 radical (unpaired) electrons. The number of hydrogen-bond donors (Lipinski definition) is 2. The van der Waals surface area contributed by atoms with Crippen LogP contribution in [0.25, 0.3) is 10.8 Å². The van der Waals surface area contributed by atoms with Crippen molar-refractivity contribution in [3.8, 4) is 6.07 Å². The van der Waals surface area contributed by atoms with Gasteiger partial charge in [0.25, 0.3) is 0 Å². The van der Waals surface area contributed by atoms with Gasteiger partial charge >= 0.3 is 6.09 Å². The van der Waals surface area contributed by atoms with Crippen molar-refractivity contribution in [2.75, 3.05) is 13.1 Å². The van der Waals surface area contributed by atoms with Crippen LogP contribution >= 0.6 is 0 Å². The summed E-state index contributed by atoms with van der Waals surface area (Å²) in [6, 6.07) is 16.6. The van der Waals surface area contributed by atoms with E-state index in [9.17, 15) is 4.79 Å². The predicted molar refractivity (Wildman–Crippen MR) is 104 cm³/mol. The van der Waals surface area contributed by atoms with E-state index < -0.39 is 11.7 Å². The molecule has 0 saturated heterocycles. The molecule has 1 atom stereocenters. The Balaban J connectivity index is 1.79. The summed E-state index contributed by atoms with van der Waals surface area (Å²) in [6.07, 6.45) is 0.632. The number of carbonyl (C=O) groups excluding carboxylic acids is 1. The molecule has 0 saturated carbocycles. The molecule has 0 aliphatic carbocycles. The van der Waals surface area contributed by atoms with Crippen LogP contribution in [0.2, 0.25) is 0 Å². The Kier molecular flexibility index (Phi) is 6.99. The van der Waals surface area contributed by atoms with Gasteiger partial charge in [0.05, 0.1) is 18.5 Å². The maximum absolute atomic E-state index is 11.9. The summed E-state index contributed by atoms with van der Waals surface area (Å²) in [7, 11) is 0. The highest BCUT2D eigenvalue weighted by atomic mass is 16.6. The van der Waals surface area contributed by atoms with Gasteiger partial charge in [-0.1, -0.05) is 42.5 Å². The van der Waals surface area contributed by atoms with Gasteiger partial charge in [-0.3, -0.25) is 0 Å². The van der Waals surface area contributed by atoms with Crippen molar-refractivity contribution in [2.24, 2.45) is 0 Å². The molecule has 0 bridgehead atoms. The van der Waals surface area contributed by atoms with Gasteiger partial charge in [-0.05, 0) is 50.1 Å². The van der Waals surface area contributed by atoms with E-state index in [0.717, 1.165) is 13.0 Å². The van der Waals surface area contributed by atoms with Crippen molar-refractivity contribution < 1.29 is 9.53 Å². The summed E-state index contributed by atoms with van der Waals surface area (Å²) in [5, 5.41) is 17.5. The second-order valence-electron chi connectivity index (χ2n) is 7.34. The quantitative estimate of drug-likeness (QED) is 0.743. The topological polar surface area (TPSA) is 74.1 Å². The zero-order valence-corrected chi connectivity index (χ0v) is 15.7. The number of nitriles is 1. The fourth-order valence-electron chi connectivity index (χ4n) is 2.66. The highest BCUT2D eigenvalue weighted by molar-refractivity contribution is 5.82. The molecule has 1 unspecified atom stereocenters. The molecule has 2 aromatic carbocycles. The average molecular weight is 353 g/mol. The SMILES string of the molecule is CC(C)(C)OC(=O)NC(CC#N)CNCCc1ccc2ccccc2c1. The van der Waals surface area contributed by atoms with E-state index in [2.05, 4.69) is 47.0 Å². The van der Waals surface area contributed by atoms with E-state index >= 15 is 0 Å². The Morgan fingerprint density at radius 2 is 1.92 bits per heavy atom. The van der Waals surface area contributed by atoms with Gasteiger partial charge in [0, 0.05) is 6.54 Å². The molecule has 2 aromatic rings. The number of alkyl carbamates (subject to hydrolysis) is 1. The molecule has 138 valence electrons. The molecule has 5 nitrogen and oxygen atoms in total. The van der Waals surface area contributed by atoms with Crippen LogP contribution in [0, 0.1) is 11.3 Å². The van der Waals surface area contributed by atoms with E-state index in [1.165, 1.54) is 16.3 Å². The number of nitrogens with one attached hydrogen (secondary N) is 2. The van der Waals surface area contributed by atoms with E-state index in [-0.39, 0.29) is 12.5 Å². The first-order valence-corrected chi connectivity index (χ1v) is 8.92. The van der Waals surface area contributed by atoms with Crippen molar-refractivity contribution >= 4 is 16.9 Å². The molecular formula is C21H27N3O2. The first-order chi connectivity index (χ1) is 12.4. The lowest BCUT2D eigenvalue weighted by molar-refractivity contribution is 0.0505. The van der Waals surface area contributed by atoms with E-state index in [4.69, 9.17) is 10.00 Å². The molecule has 2 rings (SSSR count). The summed E-state index contributed by atoms with van der Waals surface area (Å²) in [4.78, 5) is 11.9. The van der Waals surface area contributed by atoms with Crippen LogP contribution in [-0.2, 0) is 11.2 Å². The maximum Gasteiger partial charge on any atom is 0.407 e. The van der Waals surface area contributed by atoms with Gasteiger partial charge in [-0.2, -0.15) is 5.26 Å². The summed E-state index contributed by atoms with van der Waals surface area (Å²) in [5.74, 6) is 0. The highest BCUT2D eigenvalue weighted by Crippen LogP contribution is 2.15. The van der Waals surface area contributed by atoms with Crippen LogP contribution in [0.1, 0.15) is 32.8 Å². The van der Waals surface area contributed by atoms with Gasteiger partial charge in [0.2, 0.25) is 0 Å². The van der Waals surface area contributed by atoms with Crippen LogP contribution in [0.3, 0.4) is 0 Å². The third kappa shape index (κ3) is 6.73. The van der Waals surface area contributed by atoms with Crippen molar-refractivity contribution in [1.29, 1.82) is 5.26 Å². The van der Waals surface area contributed by atoms with Gasteiger partial charge in [-0.25, -0.2) is 4.79 Å². The molecule has 5 heteroatoms. The largest absolute Gasteiger partial charge is 0.444 e. The molecule has 2 N–H and O–H groups in total. The predicted octanol–water partition coefficient (Wildman–Crippen LogP) is 3.78. The number of carbonyl (C=O) groups is 1. The first-order valence-electron chi connectivity index (χ1n) is 8.92. The number of benzene rings is 2. The summed E-state index contributed by atoms with van der Waals surface area (Å²) < 4.78 is 5.24. The molecule has 0 aliphatic heterocycles. The van der Waals surface area contributed by atoms with Crippen molar-refractivity contribution in [3.63, 3.8) is 0 Å². The average Bonchev–Trinajstić information content (AvgIpc) is 2.57. The van der Waals surface area contributed by atoms with E-state index in [1.807, 2.05) is 32.9 Å². The number of nitrogens with zero attached hydrogens (tertiary/aromatic N) is 1. The molecular weight excluding hydrogens is 326 g/mol. The summed E-state index contributed by atoms with van der Waals surface area (Å²) >= 11 is 0. The van der Waals surface area contributed by atoms with Crippen LogP contribution < -0.4 is 10.6 Å². The first kappa shape index (κ1) is 19.7. The zero-order valence-electron chi connectivity index (χ0n) is 15.7. The normalized spacial score (nSPS) is 12.4. The Morgan fingerprint density at radius 1 is 1.19 bits per heavy atom. The molecule has 0 aliphatic rings. The van der Waals surface area contributed by atoms with Gasteiger partial charge in [-0.15, -0.1) is 0 Å². The van der Waals surface area contributed by atoms with Crippen LogP contribution in [-0.4, -0.2) is 30.8 Å². The van der Waals surface area contributed by atoms with Gasteiger partial charge in [0.15, 0.2) is 0 Å². The van der Waals surface area contributed by atoms with Crippen molar-refractivity contribution in [1.82, 2.24) is 10.6 Å². The zero-order chi connectivity index (χ0) is 19.0. The minimum atomic E-state index is -0.551. The molecule has 26 heavy (non-hydrogen) atoms. The number of ether oxygens (including phenoxy) is 1. The Labute approximate surface area is 155 Å². The third-order valence-corrected chi connectivity index (χ3v) is 3.85. The minimum Gasteiger partial charge on any atom is -0.444 e. The molecule has 0 heterocycles. The lowest BCUT2D eigenvalue weighted by Gasteiger charge is -2.22. The fourth-order valence-corrected chi connectivity index (χ4v) is 2.66. The molecule has 0 aromatic heterocycles. The number of fused-ring (bicyclic) bond motifs is 1. The summed E-state index contributed by atoms with van der Waals surface area (Å²) in [6.45, 7) is 6.74. The number of hydrogen-bond acceptors (Lipinski definition) is 4. The lowest BCUT2D eigenvalue weighted by Crippen LogP contribution is -2.44. The minimum absolute atomic E-state index is 0.238. The Bertz CT molecular complexity index is 775. The standard InChI is InChI=1S/C21H27N3O2/c1-21(2,3)26-20(25)24-19(10-12-22)15-23-13-11-16-8-9-17-6-4-5-7-18(17)14-16/h4-9,14,19,23H,10-11,13,15H2,1-3H3,(H,24,25). The lowest BCUT2D eigenvalue weighted by atomic mass is 10.1. The van der Waals surface area contributed by atoms with Gasteiger partial charge < -0.3 is 15.4 Å². The smallest absolute Gasteiger partial charge is 0.407 e. The Morgan fingerprint density at radius 3 is 2.62 bits per heavy atom. The highest BCUT2D eigenvalue weighted by Gasteiger charge is 2.19. The van der Waals surface area contributed by atoms with E-state index in [1.54, 1.807) is 0 Å². The van der Waals surface area contributed by atoms with Crippen LogP contribution in [0.4, 0.5) is 4.79 Å². The van der Waals surface area contributed by atoms with Gasteiger partial charge in [0.1, 0.15) is 5.60 Å². The molecule has 1 amide bonds. The molecule has 0 fully saturated rings. The fraction of sp³-hybridized carbons (Fsp3) is 0.429. The second-order valence-corrected chi connectivity index (χ2v) is 7.34. The van der Waals surface area contributed by atoms with Crippen molar-refractivity contribution in [2.45, 2.75) is 45.3 Å². The van der Waals surface area contributed by atoms with Crippen LogP contribution in [0.15, 0.2) is 42.5 Å². The van der Waals surface area contributed by atoms with Crippen LogP contribution in [0.5, 0.6) is 0 Å². The summed E-state index contributed by atoms with van der Waals surface area (Å²) in [5.41, 5.74) is 0.707. The van der Waals surface area contributed by atoms with E-state index in [0.29, 0.717) is 6.54 Å². The second kappa shape index (κ2) is 9.21. The molecule has 0 spiro atoms. The Hall–Kier alpha value is -2.58. The number of amides is 1. The monoisotopic (exact) mass is 353 g/mol.